The lowest BCUT2D eigenvalue weighted by Crippen LogP contribution is -2.39. The summed E-state index contributed by atoms with van der Waals surface area (Å²) >= 11 is 0. The first-order chi connectivity index (χ1) is 8.02. The monoisotopic (exact) mass is 245 g/mol. The topological polar surface area (TPSA) is 121 Å². The van der Waals surface area contributed by atoms with Crippen LogP contribution in [0.3, 0.4) is 0 Å². The molecule has 0 fully saturated rings. The minimum atomic E-state index is -0.805. The van der Waals surface area contributed by atoms with Gasteiger partial charge in [-0.05, 0) is 25.8 Å². The maximum atomic E-state index is 11.4. The smallest absolute Gasteiger partial charge is 0.330 e. The van der Waals surface area contributed by atoms with Crippen LogP contribution in [0.1, 0.15) is 39.0 Å². The van der Waals surface area contributed by atoms with E-state index >= 15 is 0 Å². The lowest BCUT2D eigenvalue weighted by Gasteiger charge is -2.12. The molecule has 0 bridgehead atoms. The van der Waals surface area contributed by atoms with Crippen LogP contribution in [0.25, 0.3) is 0 Å². The van der Waals surface area contributed by atoms with Crippen molar-refractivity contribution in [2.75, 3.05) is 6.54 Å². The first kappa shape index (κ1) is 16.0. The van der Waals surface area contributed by atoms with E-state index < -0.39 is 24.0 Å². The number of rotatable bonds is 8. The second kappa shape index (κ2) is 9.09. The molecule has 0 unspecified atom stereocenters. The first-order valence-electron chi connectivity index (χ1n) is 5.99. The molecule has 0 saturated carbocycles. The van der Waals surface area contributed by atoms with Crippen LogP contribution < -0.4 is 17.2 Å². The highest BCUT2D eigenvalue weighted by Gasteiger charge is 2.22. The minimum absolute atomic E-state index is 0.410. The Balaban J connectivity index is 3.97. The lowest BCUT2D eigenvalue weighted by atomic mass is 10.1. The number of hydrogen-bond donors (Lipinski definition) is 3. The van der Waals surface area contributed by atoms with Gasteiger partial charge in [0.1, 0.15) is 12.1 Å². The van der Waals surface area contributed by atoms with Gasteiger partial charge in [-0.1, -0.05) is 19.8 Å². The SMILES string of the molecule is CCCC[C@H](N)C(=O)OC(=O)[C@H](N)CCCN. The molecule has 100 valence electrons. The average Bonchev–Trinajstić information content (AvgIpc) is 2.32. The fraction of sp³-hybridized carbons (Fsp3) is 0.818. The van der Waals surface area contributed by atoms with Crippen LogP contribution in [-0.4, -0.2) is 30.6 Å². The van der Waals surface area contributed by atoms with Gasteiger partial charge in [-0.3, -0.25) is 0 Å². The molecule has 6 nitrogen and oxygen atoms in total. The van der Waals surface area contributed by atoms with Gasteiger partial charge < -0.3 is 21.9 Å². The van der Waals surface area contributed by atoms with Crippen molar-refractivity contribution < 1.29 is 14.3 Å². The molecule has 0 aliphatic rings. The van der Waals surface area contributed by atoms with Gasteiger partial charge in [0.2, 0.25) is 0 Å². The molecule has 0 rings (SSSR count). The van der Waals surface area contributed by atoms with Crippen LogP contribution >= 0.6 is 0 Å². The number of carbonyl (C=O) groups is 2. The molecule has 2 atom stereocenters. The quantitative estimate of drug-likeness (QED) is 0.396. The Bertz CT molecular complexity index is 222. The van der Waals surface area contributed by atoms with Crippen LogP contribution in [0.4, 0.5) is 0 Å². The Morgan fingerprint density at radius 2 is 1.53 bits per heavy atom. The maximum absolute atomic E-state index is 11.4. The van der Waals surface area contributed by atoms with Crippen LogP contribution in [0, 0.1) is 0 Å². The van der Waals surface area contributed by atoms with Gasteiger partial charge in [-0.15, -0.1) is 0 Å². The molecule has 6 heteroatoms. The largest absolute Gasteiger partial charge is 0.391 e. The number of hydrogen-bond acceptors (Lipinski definition) is 6. The zero-order chi connectivity index (χ0) is 13.3. The van der Waals surface area contributed by atoms with E-state index in [4.69, 9.17) is 17.2 Å². The number of ether oxygens (including phenoxy) is 1. The highest BCUT2D eigenvalue weighted by Crippen LogP contribution is 2.02. The summed E-state index contributed by atoms with van der Waals surface area (Å²) in [6.45, 7) is 2.44. The molecule has 0 radical (unpaired) electrons. The number of nitrogens with two attached hydrogens (primary N) is 3. The van der Waals surface area contributed by atoms with E-state index in [-0.39, 0.29) is 0 Å². The standard InChI is InChI=1S/C11H23N3O3/c1-2-3-5-8(13)10(15)17-11(16)9(14)6-4-7-12/h8-9H,2-7,12-14H2,1H3/t8-,9+/m0/s1. The van der Waals surface area contributed by atoms with E-state index in [1.165, 1.54) is 0 Å². The number of esters is 2. The molecule has 0 amide bonds. The molecular formula is C11H23N3O3. The molecule has 0 aliphatic heterocycles. The van der Waals surface area contributed by atoms with Gasteiger partial charge in [0, 0.05) is 0 Å². The third kappa shape index (κ3) is 7.04. The normalized spacial score (nSPS) is 14.1. The zero-order valence-electron chi connectivity index (χ0n) is 10.4. The molecule has 6 N–H and O–H groups in total. The van der Waals surface area contributed by atoms with Crippen LogP contribution in [0.5, 0.6) is 0 Å². The van der Waals surface area contributed by atoms with Crippen molar-refractivity contribution in [1.82, 2.24) is 0 Å². The lowest BCUT2D eigenvalue weighted by molar-refractivity contribution is -0.161. The summed E-state index contributed by atoms with van der Waals surface area (Å²) in [5.74, 6) is -1.43. The fourth-order valence-corrected chi connectivity index (χ4v) is 1.25. The van der Waals surface area contributed by atoms with Crippen molar-refractivity contribution in [2.24, 2.45) is 17.2 Å². The van der Waals surface area contributed by atoms with E-state index in [1.54, 1.807) is 0 Å². The van der Waals surface area contributed by atoms with Gasteiger partial charge in [0.15, 0.2) is 0 Å². The molecule has 0 aliphatic carbocycles. The first-order valence-corrected chi connectivity index (χ1v) is 5.99. The Hall–Kier alpha value is -0.980. The van der Waals surface area contributed by atoms with Gasteiger partial charge in [0.05, 0.1) is 0 Å². The van der Waals surface area contributed by atoms with Gasteiger partial charge in [0.25, 0.3) is 0 Å². The summed E-state index contributed by atoms with van der Waals surface area (Å²) in [5.41, 5.74) is 16.4. The van der Waals surface area contributed by atoms with Gasteiger partial charge in [-0.2, -0.15) is 0 Å². The second-order valence-corrected chi connectivity index (χ2v) is 4.03. The van der Waals surface area contributed by atoms with Crippen LogP contribution in [-0.2, 0) is 14.3 Å². The van der Waals surface area contributed by atoms with Crippen molar-refractivity contribution >= 4 is 11.9 Å². The van der Waals surface area contributed by atoms with E-state index in [0.29, 0.717) is 25.8 Å². The maximum Gasteiger partial charge on any atom is 0.330 e. The van der Waals surface area contributed by atoms with Crippen molar-refractivity contribution in [2.45, 2.75) is 51.1 Å². The summed E-state index contributed by atoms with van der Waals surface area (Å²) < 4.78 is 4.60. The summed E-state index contributed by atoms with van der Waals surface area (Å²) in [6, 6.07) is -1.55. The van der Waals surface area contributed by atoms with Crippen molar-refractivity contribution in [3.63, 3.8) is 0 Å². The molecular weight excluding hydrogens is 222 g/mol. The summed E-state index contributed by atoms with van der Waals surface area (Å²) in [4.78, 5) is 22.8. The number of carbonyl (C=O) groups excluding carboxylic acids is 2. The summed E-state index contributed by atoms with van der Waals surface area (Å²) in [5, 5.41) is 0. The second-order valence-electron chi connectivity index (χ2n) is 4.03. The zero-order valence-corrected chi connectivity index (χ0v) is 10.4. The molecule has 17 heavy (non-hydrogen) atoms. The van der Waals surface area contributed by atoms with E-state index in [0.717, 1.165) is 12.8 Å². The van der Waals surface area contributed by atoms with Crippen molar-refractivity contribution in [1.29, 1.82) is 0 Å². The summed E-state index contributed by atoms with van der Waals surface area (Å²) in [6.07, 6.45) is 3.30. The molecule has 0 aromatic rings. The van der Waals surface area contributed by atoms with Gasteiger partial charge >= 0.3 is 11.9 Å². The predicted octanol–water partition coefficient (Wildman–Crippen LogP) is -0.360. The van der Waals surface area contributed by atoms with E-state index in [1.807, 2.05) is 6.92 Å². The Morgan fingerprint density at radius 3 is 1.94 bits per heavy atom. The highest BCUT2D eigenvalue weighted by atomic mass is 16.6. The Morgan fingerprint density at radius 1 is 1.06 bits per heavy atom. The Labute approximate surface area is 102 Å². The predicted molar refractivity (Wildman–Crippen MR) is 64.9 cm³/mol. The van der Waals surface area contributed by atoms with Crippen LogP contribution in [0.15, 0.2) is 0 Å². The van der Waals surface area contributed by atoms with Crippen LogP contribution in [0.2, 0.25) is 0 Å². The third-order valence-electron chi connectivity index (χ3n) is 2.39. The van der Waals surface area contributed by atoms with Gasteiger partial charge in [-0.25, -0.2) is 9.59 Å². The fourth-order valence-electron chi connectivity index (χ4n) is 1.25. The number of unbranched alkanes of at least 4 members (excludes halogenated alkanes) is 1. The molecule has 0 saturated heterocycles. The molecule has 0 spiro atoms. The minimum Gasteiger partial charge on any atom is -0.391 e. The summed E-state index contributed by atoms with van der Waals surface area (Å²) in [7, 11) is 0. The molecule has 0 heterocycles. The van der Waals surface area contributed by atoms with Crippen molar-refractivity contribution in [3.8, 4) is 0 Å². The molecule has 0 aromatic heterocycles. The highest BCUT2D eigenvalue weighted by molar-refractivity contribution is 5.90. The average molecular weight is 245 g/mol. The van der Waals surface area contributed by atoms with Crippen molar-refractivity contribution in [3.05, 3.63) is 0 Å². The Kier molecular flexibility index (Phi) is 8.57. The van der Waals surface area contributed by atoms with E-state index in [9.17, 15) is 9.59 Å². The third-order valence-corrected chi connectivity index (χ3v) is 2.39. The molecule has 0 aromatic carbocycles. The van der Waals surface area contributed by atoms with E-state index in [2.05, 4.69) is 4.74 Å².